The molecule has 4 rings (SSSR count). The van der Waals surface area contributed by atoms with Gasteiger partial charge in [-0.15, -0.1) is 0 Å². The first kappa shape index (κ1) is 24.6. The monoisotopic (exact) mass is 482 g/mol. The molecule has 2 aliphatic rings. The summed E-state index contributed by atoms with van der Waals surface area (Å²) in [6, 6.07) is 7.53. The smallest absolute Gasteiger partial charge is 0.226 e. The van der Waals surface area contributed by atoms with E-state index in [2.05, 4.69) is 40.4 Å². The molecule has 182 valence electrons. The van der Waals surface area contributed by atoms with Crippen LogP contribution >= 0.6 is 11.6 Å². The van der Waals surface area contributed by atoms with Crippen molar-refractivity contribution in [1.82, 2.24) is 20.1 Å². The van der Waals surface area contributed by atoms with Gasteiger partial charge in [-0.3, -0.25) is 9.69 Å². The Morgan fingerprint density at radius 3 is 2.74 bits per heavy atom. The van der Waals surface area contributed by atoms with Crippen molar-refractivity contribution < 1.29 is 9.21 Å². The lowest BCUT2D eigenvalue weighted by Gasteiger charge is -2.30. The van der Waals surface area contributed by atoms with Gasteiger partial charge in [0, 0.05) is 48.9 Å². The van der Waals surface area contributed by atoms with E-state index in [4.69, 9.17) is 21.0 Å². The third kappa shape index (κ3) is 6.51. The highest BCUT2D eigenvalue weighted by molar-refractivity contribution is 6.30. The number of piperidine rings is 1. The van der Waals surface area contributed by atoms with E-state index in [0.717, 1.165) is 81.8 Å². The van der Waals surface area contributed by atoms with Crippen LogP contribution in [0.4, 0.5) is 0 Å². The predicted molar refractivity (Wildman–Crippen MR) is 136 cm³/mol. The Labute approximate surface area is 207 Å². The summed E-state index contributed by atoms with van der Waals surface area (Å²) in [7, 11) is 2.14. The number of hydrogen-bond donors (Lipinski definition) is 1. The molecule has 1 aromatic heterocycles. The fourth-order valence-electron chi connectivity index (χ4n) is 4.58. The maximum Gasteiger partial charge on any atom is 0.226 e. The van der Waals surface area contributed by atoms with Gasteiger partial charge in [-0.2, -0.15) is 0 Å². The van der Waals surface area contributed by atoms with Crippen molar-refractivity contribution in [2.24, 2.45) is 5.92 Å². The van der Waals surface area contributed by atoms with Crippen LogP contribution in [0, 0.1) is 12.8 Å². The van der Waals surface area contributed by atoms with Gasteiger partial charge in [-0.25, -0.2) is 4.98 Å². The minimum Gasteiger partial charge on any atom is -0.441 e. The summed E-state index contributed by atoms with van der Waals surface area (Å²) in [5, 5.41) is 3.85. The molecule has 34 heavy (non-hydrogen) atoms. The van der Waals surface area contributed by atoms with Crippen LogP contribution in [-0.2, 0) is 11.3 Å². The van der Waals surface area contributed by atoms with E-state index in [9.17, 15) is 4.79 Å². The number of nitrogens with zero attached hydrogens (tertiary/aromatic N) is 3. The van der Waals surface area contributed by atoms with Crippen molar-refractivity contribution in [3.8, 4) is 11.5 Å². The predicted octanol–water partition coefficient (Wildman–Crippen LogP) is 5.19. The molecule has 2 heterocycles. The van der Waals surface area contributed by atoms with Gasteiger partial charge in [0.25, 0.3) is 0 Å². The van der Waals surface area contributed by atoms with Gasteiger partial charge in [-0.05, 0) is 82.5 Å². The van der Waals surface area contributed by atoms with E-state index in [1.165, 1.54) is 5.70 Å². The first-order valence-corrected chi connectivity index (χ1v) is 12.7. The molecule has 7 heteroatoms. The highest BCUT2D eigenvalue weighted by atomic mass is 35.5. The minimum absolute atomic E-state index is 0.100. The number of rotatable bonds is 9. The Kier molecular flexibility index (Phi) is 8.46. The lowest BCUT2D eigenvalue weighted by molar-refractivity contribution is -0.126. The van der Waals surface area contributed by atoms with Crippen molar-refractivity contribution in [2.75, 3.05) is 33.2 Å². The molecule has 1 aliphatic carbocycles. The SMILES string of the molecule is Cc1oc(-c2ccc(Cl)cc2)nc1CN1CCC(C(=O)NCCCN(C)C2=CC=CCC2)CC1. The van der Waals surface area contributed by atoms with E-state index >= 15 is 0 Å². The molecule has 1 saturated heterocycles. The average Bonchev–Trinajstić information content (AvgIpc) is 3.23. The first-order valence-electron chi connectivity index (χ1n) is 12.3. The summed E-state index contributed by atoms with van der Waals surface area (Å²) >= 11 is 5.98. The maximum atomic E-state index is 12.6. The molecule has 0 atom stereocenters. The quantitative estimate of drug-likeness (QED) is 0.498. The number of aromatic nitrogens is 1. The summed E-state index contributed by atoms with van der Waals surface area (Å²) in [5.41, 5.74) is 3.26. The van der Waals surface area contributed by atoms with E-state index in [1.54, 1.807) is 0 Å². The molecule has 0 spiro atoms. The maximum absolute atomic E-state index is 12.6. The molecule has 1 aliphatic heterocycles. The lowest BCUT2D eigenvalue weighted by atomic mass is 9.95. The van der Waals surface area contributed by atoms with Gasteiger partial charge in [-0.1, -0.05) is 23.8 Å². The van der Waals surface area contributed by atoms with Gasteiger partial charge in [0.05, 0.1) is 5.69 Å². The number of amides is 1. The summed E-state index contributed by atoms with van der Waals surface area (Å²) < 4.78 is 5.90. The number of oxazole rings is 1. The van der Waals surface area contributed by atoms with Gasteiger partial charge in [0.2, 0.25) is 11.8 Å². The number of benzene rings is 1. The number of carbonyl (C=O) groups excluding carboxylic acids is 1. The minimum atomic E-state index is 0.100. The van der Waals surface area contributed by atoms with Crippen LogP contribution in [-0.4, -0.2) is 53.9 Å². The summed E-state index contributed by atoms with van der Waals surface area (Å²) in [4.78, 5) is 22.0. The topological polar surface area (TPSA) is 61.6 Å². The molecular formula is C27H35ClN4O2. The van der Waals surface area contributed by atoms with E-state index in [-0.39, 0.29) is 11.8 Å². The number of carbonyl (C=O) groups is 1. The second-order valence-corrected chi connectivity index (χ2v) is 9.71. The third-order valence-corrected chi connectivity index (χ3v) is 7.02. The number of hydrogen-bond acceptors (Lipinski definition) is 5. The molecule has 2 aromatic rings. The molecule has 6 nitrogen and oxygen atoms in total. The van der Waals surface area contributed by atoms with Crippen LogP contribution in [0.1, 0.15) is 43.6 Å². The molecule has 1 fully saturated rings. The van der Waals surface area contributed by atoms with Crippen LogP contribution < -0.4 is 5.32 Å². The van der Waals surface area contributed by atoms with Crippen LogP contribution in [0.5, 0.6) is 0 Å². The average molecular weight is 483 g/mol. The zero-order valence-electron chi connectivity index (χ0n) is 20.2. The number of aryl methyl sites for hydroxylation is 1. The van der Waals surface area contributed by atoms with Crippen LogP contribution in [0.15, 0.2) is 52.6 Å². The van der Waals surface area contributed by atoms with Crippen LogP contribution in [0.3, 0.4) is 0 Å². The largest absolute Gasteiger partial charge is 0.441 e. The van der Waals surface area contributed by atoms with Crippen molar-refractivity contribution in [1.29, 1.82) is 0 Å². The van der Waals surface area contributed by atoms with E-state index in [1.807, 2.05) is 31.2 Å². The van der Waals surface area contributed by atoms with Crippen molar-refractivity contribution in [3.05, 3.63) is 64.7 Å². The standard InChI is InChI=1S/C27H35ClN4O2/c1-20-25(30-27(34-20)22-9-11-23(28)12-10-22)19-32-17-13-21(14-18-32)26(33)29-15-6-16-31(2)24-7-4-3-5-8-24/h3-4,7,9-12,21H,5-6,8,13-19H2,1-2H3,(H,29,33). The van der Waals surface area contributed by atoms with Gasteiger partial charge in [0.15, 0.2) is 0 Å². The third-order valence-electron chi connectivity index (χ3n) is 6.77. The van der Waals surface area contributed by atoms with E-state index < -0.39 is 0 Å². The van der Waals surface area contributed by atoms with E-state index in [0.29, 0.717) is 10.9 Å². The van der Waals surface area contributed by atoms with Gasteiger partial charge in [0.1, 0.15) is 5.76 Å². The molecule has 1 aromatic carbocycles. The highest BCUT2D eigenvalue weighted by Crippen LogP contribution is 2.25. The normalized spacial score (nSPS) is 17.0. The van der Waals surface area contributed by atoms with Crippen molar-refractivity contribution in [3.63, 3.8) is 0 Å². The molecule has 0 saturated carbocycles. The highest BCUT2D eigenvalue weighted by Gasteiger charge is 2.26. The molecule has 0 bridgehead atoms. The van der Waals surface area contributed by atoms with Crippen molar-refractivity contribution in [2.45, 2.75) is 45.6 Å². The number of halogens is 1. The second-order valence-electron chi connectivity index (χ2n) is 9.27. The van der Waals surface area contributed by atoms with Crippen LogP contribution in [0.25, 0.3) is 11.5 Å². The fraction of sp³-hybridized carbons (Fsp3) is 0.481. The van der Waals surface area contributed by atoms with Crippen LogP contribution in [0.2, 0.25) is 5.02 Å². The number of nitrogens with one attached hydrogen (secondary N) is 1. The summed E-state index contributed by atoms with van der Waals surface area (Å²) in [6.07, 6.45) is 11.5. The molecule has 1 N–H and O–H groups in total. The molecule has 0 radical (unpaired) electrons. The second kappa shape index (κ2) is 11.7. The zero-order chi connectivity index (χ0) is 23.9. The Balaban J connectivity index is 1.18. The first-order chi connectivity index (χ1) is 16.5. The van der Waals surface area contributed by atoms with Gasteiger partial charge < -0.3 is 14.6 Å². The summed E-state index contributed by atoms with van der Waals surface area (Å²) in [5.74, 6) is 1.77. The number of allylic oxidation sites excluding steroid dienone is 4. The fourth-order valence-corrected chi connectivity index (χ4v) is 4.71. The number of likely N-dealkylation sites (tertiary alicyclic amines) is 1. The molecule has 0 unspecified atom stereocenters. The molecular weight excluding hydrogens is 448 g/mol. The Hall–Kier alpha value is -2.57. The Morgan fingerprint density at radius 1 is 1.26 bits per heavy atom. The van der Waals surface area contributed by atoms with Crippen molar-refractivity contribution >= 4 is 17.5 Å². The summed E-state index contributed by atoms with van der Waals surface area (Å²) in [6.45, 7) is 6.19. The molecule has 1 amide bonds. The lowest BCUT2D eigenvalue weighted by Crippen LogP contribution is -2.40. The van der Waals surface area contributed by atoms with Gasteiger partial charge >= 0.3 is 0 Å². The zero-order valence-corrected chi connectivity index (χ0v) is 21.0. The Morgan fingerprint density at radius 2 is 2.03 bits per heavy atom. The Bertz CT molecular complexity index is 1020.